The van der Waals surface area contributed by atoms with E-state index in [4.69, 9.17) is 14.5 Å². The fourth-order valence-corrected chi connectivity index (χ4v) is 2.35. The van der Waals surface area contributed by atoms with Gasteiger partial charge < -0.3 is 19.6 Å². The minimum absolute atomic E-state index is 0. The molecule has 0 bridgehead atoms. The molecule has 1 aromatic rings. The highest BCUT2D eigenvalue weighted by molar-refractivity contribution is 7.59. The summed E-state index contributed by atoms with van der Waals surface area (Å²) in [5, 5.41) is 9.79. The van der Waals surface area contributed by atoms with Crippen molar-refractivity contribution in [2.24, 2.45) is 0 Å². The SMILES string of the molecule is Cc1cn([C@H]2C[C@H](O)[C@@H](COP(=O)(O)O)O2)c(=O)[nH]c1=O.S. The minimum atomic E-state index is -4.67. The van der Waals surface area contributed by atoms with Crippen LogP contribution in [0.15, 0.2) is 15.8 Å². The molecule has 0 radical (unpaired) electrons. The van der Waals surface area contributed by atoms with Crippen LogP contribution in [-0.4, -0.2) is 43.3 Å². The Bertz CT molecular complexity index is 682. The Morgan fingerprint density at radius 3 is 2.73 bits per heavy atom. The number of nitrogens with one attached hydrogen (secondary N) is 1. The van der Waals surface area contributed by atoms with Crippen LogP contribution in [0.1, 0.15) is 18.2 Å². The Morgan fingerprint density at radius 2 is 2.14 bits per heavy atom. The Morgan fingerprint density at radius 1 is 1.50 bits per heavy atom. The predicted molar refractivity (Wildman–Crippen MR) is 79.0 cm³/mol. The zero-order valence-corrected chi connectivity index (χ0v) is 13.4. The number of rotatable bonds is 4. The third-order valence-electron chi connectivity index (χ3n) is 3.07. The molecule has 1 aromatic heterocycles. The van der Waals surface area contributed by atoms with Crippen molar-refractivity contribution in [3.63, 3.8) is 0 Å². The minimum Gasteiger partial charge on any atom is -0.390 e. The molecule has 0 saturated carbocycles. The van der Waals surface area contributed by atoms with Gasteiger partial charge in [0.1, 0.15) is 12.3 Å². The summed E-state index contributed by atoms with van der Waals surface area (Å²) in [4.78, 5) is 42.3. The lowest BCUT2D eigenvalue weighted by Crippen LogP contribution is -2.33. The van der Waals surface area contributed by atoms with Crippen LogP contribution in [0.4, 0.5) is 0 Å². The number of H-pyrrole nitrogens is 1. The van der Waals surface area contributed by atoms with E-state index in [1.165, 1.54) is 13.1 Å². The highest BCUT2D eigenvalue weighted by Crippen LogP contribution is 2.38. The van der Waals surface area contributed by atoms with Crippen molar-refractivity contribution in [3.05, 3.63) is 32.6 Å². The molecule has 1 aliphatic heterocycles. The van der Waals surface area contributed by atoms with Gasteiger partial charge in [0.25, 0.3) is 5.56 Å². The average molecular weight is 356 g/mol. The van der Waals surface area contributed by atoms with E-state index in [2.05, 4.69) is 9.51 Å². The van der Waals surface area contributed by atoms with Gasteiger partial charge in [0.2, 0.25) is 0 Å². The van der Waals surface area contributed by atoms with Crippen LogP contribution in [0.2, 0.25) is 0 Å². The molecule has 0 aromatic carbocycles. The van der Waals surface area contributed by atoms with Gasteiger partial charge in [0, 0.05) is 18.2 Å². The molecule has 4 N–H and O–H groups in total. The number of aromatic nitrogens is 2. The first-order valence-electron chi connectivity index (χ1n) is 6.03. The molecule has 1 saturated heterocycles. The maximum absolute atomic E-state index is 11.7. The van der Waals surface area contributed by atoms with Crippen LogP contribution in [0.25, 0.3) is 0 Å². The average Bonchev–Trinajstić information content (AvgIpc) is 2.72. The number of aryl methyl sites for hydroxylation is 1. The summed E-state index contributed by atoms with van der Waals surface area (Å²) in [5.41, 5.74) is -0.918. The molecule has 2 heterocycles. The van der Waals surface area contributed by atoms with Crippen molar-refractivity contribution in [2.75, 3.05) is 6.61 Å². The van der Waals surface area contributed by atoms with E-state index < -0.39 is 44.1 Å². The Kier molecular flexibility index (Phi) is 6.16. The van der Waals surface area contributed by atoms with Crippen LogP contribution < -0.4 is 11.2 Å². The molecule has 0 amide bonds. The molecule has 1 aliphatic rings. The maximum Gasteiger partial charge on any atom is 0.469 e. The smallest absolute Gasteiger partial charge is 0.390 e. The van der Waals surface area contributed by atoms with Gasteiger partial charge in [-0.1, -0.05) is 0 Å². The maximum atomic E-state index is 11.7. The number of phosphoric acid groups is 1. The number of hydrogen-bond donors (Lipinski definition) is 4. The lowest BCUT2D eigenvalue weighted by atomic mass is 10.2. The topological polar surface area (TPSA) is 151 Å². The van der Waals surface area contributed by atoms with Gasteiger partial charge >= 0.3 is 13.5 Å². The van der Waals surface area contributed by atoms with Crippen molar-refractivity contribution < 1.29 is 28.7 Å². The summed E-state index contributed by atoms with van der Waals surface area (Å²) in [7, 11) is -4.67. The number of hydrogen-bond acceptors (Lipinski definition) is 6. The van der Waals surface area contributed by atoms with E-state index in [1.54, 1.807) is 0 Å². The van der Waals surface area contributed by atoms with Crippen molar-refractivity contribution in [1.82, 2.24) is 9.55 Å². The lowest BCUT2D eigenvalue weighted by molar-refractivity contribution is -0.0451. The molecule has 22 heavy (non-hydrogen) atoms. The molecular formula is C10H17N2O8PS. The molecular weight excluding hydrogens is 339 g/mol. The molecule has 12 heteroatoms. The van der Waals surface area contributed by atoms with Gasteiger partial charge in [0.15, 0.2) is 0 Å². The summed E-state index contributed by atoms with van der Waals surface area (Å²) in [6.45, 7) is 0.994. The largest absolute Gasteiger partial charge is 0.469 e. The van der Waals surface area contributed by atoms with Crippen LogP contribution >= 0.6 is 21.3 Å². The monoisotopic (exact) mass is 356 g/mol. The van der Waals surface area contributed by atoms with Crippen molar-refractivity contribution in [3.8, 4) is 0 Å². The van der Waals surface area contributed by atoms with Gasteiger partial charge in [-0.2, -0.15) is 13.5 Å². The van der Waals surface area contributed by atoms with E-state index in [1.807, 2.05) is 0 Å². The summed E-state index contributed by atoms with van der Waals surface area (Å²) in [6, 6.07) is 0. The lowest BCUT2D eigenvalue weighted by Gasteiger charge is -2.16. The molecule has 10 nitrogen and oxygen atoms in total. The molecule has 1 fully saturated rings. The van der Waals surface area contributed by atoms with Gasteiger partial charge in [-0.3, -0.25) is 18.9 Å². The first-order valence-corrected chi connectivity index (χ1v) is 7.56. The third kappa shape index (κ3) is 4.53. The van der Waals surface area contributed by atoms with Gasteiger partial charge in [-0.05, 0) is 6.92 Å². The van der Waals surface area contributed by atoms with Crippen LogP contribution in [0, 0.1) is 6.92 Å². The second-order valence-electron chi connectivity index (χ2n) is 4.70. The van der Waals surface area contributed by atoms with Gasteiger partial charge in [-0.15, -0.1) is 0 Å². The number of aromatic amines is 1. The fourth-order valence-electron chi connectivity index (χ4n) is 2.01. The second kappa shape index (κ2) is 7.09. The zero-order chi connectivity index (χ0) is 15.8. The fraction of sp³-hybridized carbons (Fsp3) is 0.600. The molecule has 0 aliphatic carbocycles. The Labute approximate surface area is 131 Å². The first kappa shape index (κ1) is 19.1. The summed E-state index contributed by atoms with van der Waals surface area (Å²) in [6.07, 6.45) is -1.57. The Balaban J connectivity index is 0.00000242. The third-order valence-corrected chi connectivity index (χ3v) is 3.55. The highest BCUT2D eigenvalue weighted by atomic mass is 32.1. The number of aliphatic hydroxyl groups excluding tert-OH is 1. The normalized spacial score (nSPS) is 25.0. The predicted octanol–water partition coefficient (Wildman–Crippen LogP) is -1.28. The van der Waals surface area contributed by atoms with Crippen molar-refractivity contribution >= 4 is 21.3 Å². The van der Waals surface area contributed by atoms with Crippen molar-refractivity contribution in [2.45, 2.75) is 31.8 Å². The van der Waals surface area contributed by atoms with E-state index in [9.17, 15) is 19.3 Å². The van der Waals surface area contributed by atoms with E-state index in [0.717, 1.165) is 4.57 Å². The van der Waals surface area contributed by atoms with Crippen LogP contribution in [-0.2, 0) is 13.8 Å². The summed E-state index contributed by atoms with van der Waals surface area (Å²) >= 11 is 0. The molecule has 3 atom stereocenters. The van der Waals surface area contributed by atoms with Gasteiger partial charge in [-0.25, -0.2) is 9.36 Å². The highest BCUT2D eigenvalue weighted by Gasteiger charge is 2.37. The van der Waals surface area contributed by atoms with Gasteiger partial charge in [0.05, 0.1) is 12.7 Å². The molecule has 0 unspecified atom stereocenters. The second-order valence-corrected chi connectivity index (χ2v) is 5.94. The molecule has 0 spiro atoms. The molecule has 2 rings (SSSR count). The van der Waals surface area contributed by atoms with Crippen LogP contribution in [0.3, 0.4) is 0 Å². The summed E-state index contributed by atoms with van der Waals surface area (Å²) < 4.78 is 21.4. The zero-order valence-electron chi connectivity index (χ0n) is 11.5. The number of aliphatic hydroxyl groups is 1. The summed E-state index contributed by atoms with van der Waals surface area (Å²) in [5.74, 6) is 0. The number of ether oxygens (including phenoxy) is 1. The van der Waals surface area contributed by atoms with E-state index >= 15 is 0 Å². The Hall–Kier alpha value is -0.940. The van der Waals surface area contributed by atoms with Crippen LogP contribution in [0.5, 0.6) is 0 Å². The van der Waals surface area contributed by atoms with Crippen molar-refractivity contribution in [1.29, 1.82) is 0 Å². The van der Waals surface area contributed by atoms with E-state index in [-0.39, 0.29) is 19.9 Å². The number of phosphoric ester groups is 1. The first-order chi connectivity index (χ1) is 9.67. The standard InChI is InChI=1S/C10H15N2O8P.H2S/c1-5-3-12(10(15)11-9(5)14)8-2-6(13)7(20-8)4-19-21(16,17)18;/h3,6-8,13H,2,4H2,1H3,(H,11,14,15)(H2,16,17,18);1H2/t6-,7+,8+;/m0./s1. The van der Waals surface area contributed by atoms with E-state index in [0.29, 0.717) is 5.56 Å². The number of nitrogens with zero attached hydrogens (tertiary/aromatic N) is 1. The molecule has 126 valence electrons. The quantitative estimate of drug-likeness (QED) is 0.487.